The van der Waals surface area contributed by atoms with Crippen molar-refractivity contribution < 1.29 is 14.0 Å². The van der Waals surface area contributed by atoms with Crippen LogP contribution in [0.1, 0.15) is 35.4 Å². The van der Waals surface area contributed by atoms with Gasteiger partial charge in [-0.25, -0.2) is 0 Å². The van der Waals surface area contributed by atoms with Crippen LogP contribution < -0.4 is 16.0 Å². The van der Waals surface area contributed by atoms with E-state index in [4.69, 9.17) is 4.42 Å². The van der Waals surface area contributed by atoms with E-state index in [0.29, 0.717) is 31.7 Å². The van der Waals surface area contributed by atoms with Crippen molar-refractivity contribution in [1.29, 1.82) is 0 Å². The van der Waals surface area contributed by atoms with Gasteiger partial charge in [-0.3, -0.25) is 9.59 Å². The summed E-state index contributed by atoms with van der Waals surface area (Å²) in [6.07, 6.45) is 3.55. The number of aryl methyl sites for hydroxylation is 1. The maximum absolute atomic E-state index is 11.7. The summed E-state index contributed by atoms with van der Waals surface area (Å²) in [6, 6.07) is 1.75. The standard InChI is InChI=1S/C14H23N3O3/c1-11-6-10-20-13(11)14(19)17-9-4-8-16-12(18)5-3-7-15-2/h6,10,15H,3-5,7-9H2,1-2H3,(H,16,18)(H,17,19). The zero-order valence-electron chi connectivity index (χ0n) is 12.1. The summed E-state index contributed by atoms with van der Waals surface area (Å²) in [5.41, 5.74) is 0.820. The van der Waals surface area contributed by atoms with Gasteiger partial charge >= 0.3 is 0 Å². The van der Waals surface area contributed by atoms with E-state index >= 15 is 0 Å². The maximum Gasteiger partial charge on any atom is 0.287 e. The average molecular weight is 281 g/mol. The van der Waals surface area contributed by atoms with Crippen LogP contribution in [0, 0.1) is 6.92 Å². The molecular weight excluding hydrogens is 258 g/mol. The molecule has 0 unspecified atom stereocenters. The van der Waals surface area contributed by atoms with Crippen LogP contribution in [0.2, 0.25) is 0 Å². The molecule has 0 atom stereocenters. The molecule has 6 nitrogen and oxygen atoms in total. The molecule has 20 heavy (non-hydrogen) atoms. The third-order valence-corrected chi connectivity index (χ3v) is 2.86. The van der Waals surface area contributed by atoms with Crippen molar-refractivity contribution in [2.45, 2.75) is 26.2 Å². The first-order valence-corrected chi connectivity index (χ1v) is 6.88. The van der Waals surface area contributed by atoms with E-state index < -0.39 is 0 Å². The minimum atomic E-state index is -0.215. The topological polar surface area (TPSA) is 83.4 Å². The Hall–Kier alpha value is -1.82. The van der Waals surface area contributed by atoms with E-state index in [1.54, 1.807) is 6.07 Å². The summed E-state index contributed by atoms with van der Waals surface area (Å²) in [6.45, 7) is 3.74. The van der Waals surface area contributed by atoms with E-state index in [9.17, 15) is 9.59 Å². The summed E-state index contributed by atoms with van der Waals surface area (Å²) in [5.74, 6) is 0.183. The SMILES string of the molecule is CNCCCC(=O)NCCCNC(=O)c1occc1C. The Bertz CT molecular complexity index is 429. The predicted molar refractivity (Wildman–Crippen MR) is 76.6 cm³/mol. The van der Waals surface area contributed by atoms with Crippen molar-refractivity contribution in [2.75, 3.05) is 26.7 Å². The van der Waals surface area contributed by atoms with E-state index in [1.165, 1.54) is 6.26 Å². The molecule has 0 radical (unpaired) electrons. The number of nitrogens with one attached hydrogen (secondary N) is 3. The summed E-state index contributed by atoms with van der Waals surface area (Å²) < 4.78 is 5.09. The molecular formula is C14H23N3O3. The maximum atomic E-state index is 11.7. The first-order chi connectivity index (χ1) is 9.65. The van der Waals surface area contributed by atoms with Gasteiger partial charge in [-0.2, -0.15) is 0 Å². The lowest BCUT2D eigenvalue weighted by molar-refractivity contribution is -0.121. The van der Waals surface area contributed by atoms with E-state index in [1.807, 2.05) is 14.0 Å². The van der Waals surface area contributed by atoms with Gasteiger partial charge in [0.05, 0.1) is 6.26 Å². The second-order valence-electron chi connectivity index (χ2n) is 4.60. The molecule has 0 aliphatic rings. The molecule has 6 heteroatoms. The van der Waals surface area contributed by atoms with Crippen LogP contribution in [0.4, 0.5) is 0 Å². The summed E-state index contributed by atoms with van der Waals surface area (Å²) in [7, 11) is 1.86. The van der Waals surface area contributed by atoms with Crippen LogP contribution in [0.15, 0.2) is 16.7 Å². The molecule has 0 saturated carbocycles. The smallest absolute Gasteiger partial charge is 0.287 e. The molecule has 1 rings (SSSR count). The van der Waals surface area contributed by atoms with Crippen molar-refractivity contribution in [3.05, 3.63) is 23.7 Å². The lowest BCUT2D eigenvalue weighted by Gasteiger charge is -2.06. The average Bonchev–Trinajstić information content (AvgIpc) is 2.85. The van der Waals surface area contributed by atoms with E-state index in [0.717, 1.165) is 18.5 Å². The van der Waals surface area contributed by atoms with Crippen LogP contribution in [-0.4, -0.2) is 38.5 Å². The highest BCUT2D eigenvalue weighted by molar-refractivity contribution is 5.92. The minimum Gasteiger partial charge on any atom is -0.459 e. The predicted octanol–water partition coefficient (Wildman–Crippen LogP) is 0.824. The van der Waals surface area contributed by atoms with Gasteiger partial charge in [-0.1, -0.05) is 0 Å². The molecule has 1 heterocycles. The number of carbonyl (C=O) groups is 2. The molecule has 112 valence electrons. The lowest BCUT2D eigenvalue weighted by Crippen LogP contribution is -2.30. The normalized spacial score (nSPS) is 10.3. The van der Waals surface area contributed by atoms with E-state index in [2.05, 4.69) is 16.0 Å². The van der Waals surface area contributed by atoms with Gasteiger partial charge in [0.1, 0.15) is 0 Å². The Morgan fingerprint density at radius 3 is 2.55 bits per heavy atom. The van der Waals surface area contributed by atoms with Crippen LogP contribution >= 0.6 is 0 Å². The largest absolute Gasteiger partial charge is 0.459 e. The molecule has 0 aromatic carbocycles. The quantitative estimate of drug-likeness (QED) is 0.585. The molecule has 0 saturated heterocycles. The van der Waals surface area contributed by atoms with Crippen molar-refractivity contribution in [3.63, 3.8) is 0 Å². The van der Waals surface area contributed by atoms with Crippen LogP contribution in [0.3, 0.4) is 0 Å². The zero-order chi connectivity index (χ0) is 14.8. The summed E-state index contributed by atoms with van der Waals surface area (Å²) >= 11 is 0. The number of rotatable bonds is 9. The number of furan rings is 1. The number of hydrogen-bond donors (Lipinski definition) is 3. The van der Waals surface area contributed by atoms with Gasteiger partial charge in [0, 0.05) is 25.1 Å². The van der Waals surface area contributed by atoms with E-state index in [-0.39, 0.29) is 11.8 Å². The van der Waals surface area contributed by atoms with Crippen molar-refractivity contribution >= 4 is 11.8 Å². The van der Waals surface area contributed by atoms with Gasteiger partial charge in [-0.15, -0.1) is 0 Å². The molecule has 0 fully saturated rings. The van der Waals surface area contributed by atoms with Gasteiger partial charge in [0.25, 0.3) is 5.91 Å². The Morgan fingerprint density at radius 1 is 1.15 bits per heavy atom. The molecule has 1 aromatic rings. The third-order valence-electron chi connectivity index (χ3n) is 2.86. The highest BCUT2D eigenvalue weighted by Gasteiger charge is 2.11. The van der Waals surface area contributed by atoms with Crippen LogP contribution in [0.25, 0.3) is 0 Å². The molecule has 0 spiro atoms. The lowest BCUT2D eigenvalue weighted by atomic mass is 10.2. The number of amides is 2. The molecule has 3 N–H and O–H groups in total. The van der Waals surface area contributed by atoms with Crippen molar-refractivity contribution in [2.24, 2.45) is 0 Å². The Kier molecular flexibility index (Phi) is 7.42. The fourth-order valence-corrected chi connectivity index (χ4v) is 1.72. The van der Waals surface area contributed by atoms with Crippen molar-refractivity contribution in [3.8, 4) is 0 Å². The molecule has 0 bridgehead atoms. The van der Waals surface area contributed by atoms with Crippen LogP contribution in [-0.2, 0) is 4.79 Å². The minimum absolute atomic E-state index is 0.0495. The summed E-state index contributed by atoms with van der Waals surface area (Å²) in [5, 5.41) is 8.57. The first kappa shape index (κ1) is 16.2. The second-order valence-corrected chi connectivity index (χ2v) is 4.60. The van der Waals surface area contributed by atoms with Crippen LogP contribution in [0.5, 0.6) is 0 Å². The highest BCUT2D eigenvalue weighted by Crippen LogP contribution is 2.07. The monoisotopic (exact) mass is 281 g/mol. The molecule has 1 aromatic heterocycles. The summed E-state index contributed by atoms with van der Waals surface area (Å²) in [4.78, 5) is 23.1. The van der Waals surface area contributed by atoms with Gasteiger partial charge in [0.2, 0.25) is 5.91 Å². The van der Waals surface area contributed by atoms with Crippen molar-refractivity contribution in [1.82, 2.24) is 16.0 Å². The fourth-order valence-electron chi connectivity index (χ4n) is 1.72. The molecule has 0 aliphatic carbocycles. The Balaban J connectivity index is 2.06. The number of hydrogen-bond acceptors (Lipinski definition) is 4. The Labute approximate surface area is 119 Å². The Morgan fingerprint density at radius 2 is 1.90 bits per heavy atom. The highest BCUT2D eigenvalue weighted by atomic mass is 16.3. The van der Waals surface area contributed by atoms with Gasteiger partial charge in [-0.05, 0) is 39.4 Å². The van der Waals surface area contributed by atoms with Gasteiger partial charge in [0.15, 0.2) is 5.76 Å². The number of carbonyl (C=O) groups excluding carboxylic acids is 2. The second kappa shape index (κ2) is 9.14. The first-order valence-electron chi connectivity index (χ1n) is 6.88. The fraction of sp³-hybridized carbons (Fsp3) is 0.571. The molecule has 2 amide bonds. The van der Waals surface area contributed by atoms with Gasteiger partial charge < -0.3 is 20.4 Å². The third kappa shape index (κ3) is 5.88. The zero-order valence-corrected chi connectivity index (χ0v) is 12.1. The molecule has 0 aliphatic heterocycles.